The first-order valence-corrected chi connectivity index (χ1v) is 5.16. The lowest BCUT2D eigenvalue weighted by Crippen LogP contribution is -2.02. The molecule has 4 nitrogen and oxygen atoms in total. The minimum atomic E-state index is -0.268. The Morgan fingerprint density at radius 1 is 1.67 bits per heavy atom. The van der Waals surface area contributed by atoms with Crippen LogP contribution in [0, 0.1) is 11.3 Å². The summed E-state index contributed by atoms with van der Waals surface area (Å²) in [5.41, 5.74) is 0.337. The number of nitrogens with zero attached hydrogens (tertiary/aromatic N) is 1. The monoisotopic (exact) mass is 269 g/mol. The summed E-state index contributed by atoms with van der Waals surface area (Å²) in [7, 11) is 1.40. The van der Waals surface area contributed by atoms with Crippen molar-refractivity contribution in [3.8, 4) is 17.6 Å². The van der Waals surface area contributed by atoms with Crippen LogP contribution >= 0.6 is 15.9 Å². The van der Waals surface area contributed by atoms with Crippen molar-refractivity contribution in [1.29, 1.82) is 5.26 Å². The molecule has 0 unspecified atom stereocenters. The summed E-state index contributed by atoms with van der Waals surface area (Å²) in [5, 5.41) is 18.3. The summed E-state index contributed by atoms with van der Waals surface area (Å²) < 4.78 is 4.93. The van der Waals surface area contributed by atoms with Crippen LogP contribution in [0.15, 0.2) is 12.1 Å². The predicted octanol–water partition coefficient (Wildman–Crippen LogP) is 1.85. The highest BCUT2D eigenvalue weighted by atomic mass is 79.9. The molecule has 0 spiro atoms. The highest BCUT2D eigenvalue weighted by molar-refractivity contribution is 9.09. The minimum absolute atomic E-state index is 0.107. The summed E-state index contributed by atoms with van der Waals surface area (Å²) in [4.78, 5) is 11.4. The van der Waals surface area contributed by atoms with E-state index in [1.54, 1.807) is 0 Å². The Morgan fingerprint density at radius 3 is 2.80 bits per heavy atom. The number of carbonyl (C=O) groups excluding carboxylic acids is 1. The van der Waals surface area contributed by atoms with Gasteiger partial charge < -0.3 is 9.84 Å². The van der Waals surface area contributed by atoms with Crippen molar-refractivity contribution >= 4 is 21.7 Å². The van der Waals surface area contributed by atoms with E-state index < -0.39 is 0 Å². The van der Waals surface area contributed by atoms with Crippen LogP contribution < -0.4 is 4.74 Å². The van der Waals surface area contributed by atoms with Crippen LogP contribution in [0.1, 0.15) is 15.9 Å². The standard InChI is InChI=1S/C10H8BrNO3/c1-15-10-3-7(9(14)4-11)8(13)2-6(10)5-12/h2-3,13H,4H2,1H3. The fraction of sp³-hybridized carbons (Fsp3) is 0.200. The molecule has 1 N–H and O–H groups in total. The number of phenolic OH excluding ortho intramolecular Hbond substituents is 1. The molecule has 78 valence electrons. The van der Waals surface area contributed by atoms with Gasteiger partial charge in [0, 0.05) is 6.07 Å². The number of benzene rings is 1. The van der Waals surface area contributed by atoms with Gasteiger partial charge in [0.15, 0.2) is 5.78 Å². The first-order valence-electron chi connectivity index (χ1n) is 4.04. The van der Waals surface area contributed by atoms with Gasteiger partial charge in [0.05, 0.1) is 23.6 Å². The molecular formula is C10H8BrNO3. The number of hydrogen-bond acceptors (Lipinski definition) is 4. The van der Waals surface area contributed by atoms with E-state index in [9.17, 15) is 9.90 Å². The molecule has 0 aromatic heterocycles. The van der Waals surface area contributed by atoms with Crippen molar-refractivity contribution in [2.45, 2.75) is 0 Å². The van der Waals surface area contributed by atoms with Crippen LogP contribution in [0.5, 0.6) is 11.5 Å². The van der Waals surface area contributed by atoms with Gasteiger partial charge in [0.1, 0.15) is 17.6 Å². The molecular weight excluding hydrogens is 262 g/mol. The lowest BCUT2D eigenvalue weighted by atomic mass is 10.1. The summed E-state index contributed by atoms with van der Waals surface area (Å²) in [6, 6.07) is 4.44. The number of aromatic hydroxyl groups is 1. The van der Waals surface area contributed by atoms with E-state index in [1.165, 1.54) is 19.2 Å². The Morgan fingerprint density at radius 2 is 2.33 bits per heavy atom. The maximum absolute atomic E-state index is 11.4. The molecule has 0 aliphatic rings. The zero-order valence-corrected chi connectivity index (χ0v) is 9.54. The molecule has 15 heavy (non-hydrogen) atoms. The van der Waals surface area contributed by atoms with Gasteiger partial charge >= 0.3 is 0 Å². The Labute approximate surface area is 95.2 Å². The molecule has 0 atom stereocenters. The third-order valence-electron chi connectivity index (χ3n) is 1.86. The lowest BCUT2D eigenvalue weighted by molar-refractivity contribution is 0.102. The molecule has 0 aliphatic heterocycles. The minimum Gasteiger partial charge on any atom is -0.507 e. The molecule has 0 saturated carbocycles. The van der Waals surface area contributed by atoms with E-state index in [2.05, 4.69) is 15.9 Å². The predicted molar refractivity (Wildman–Crippen MR) is 57.5 cm³/mol. The number of ketones is 1. The van der Waals surface area contributed by atoms with E-state index in [-0.39, 0.29) is 33.7 Å². The highest BCUT2D eigenvalue weighted by Gasteiger charge is 2.14. The SMILES string of the molecule is COc1cc(C(=O)CBr)c(O)cc1C#N. The second-order valence-electron chi connectivity index (χ2n) is 2.74. The number of hydrogen-bond donors (Lipinski definition) is 1. The lowest BCUT2D eigenvalue weighted by Gasteiger charge is -2.06. The Kier molecular flexibility index (Phi) is 3.69. The normalized spacial score (nSPS) is 9.40. The number of carbonyl (C=O) groups is 1. The molecule has 5 heteroatoms. The Balaban J connectivity index is 3.33. The summed E-state index contributed by atoms with van der Waals surface area (Å²) >= 11 is 3.00. The maximum atomic E-state index is 11.4. The number of rotatable bonds is 3. The number of Topliss-reactive ketones (excluding diaryl/α,β-unsaturated/α-hetero) is 1. The fourth-order valence-electron chi connectivity index (χ4n) is 1.12. The number of ether oxygens (including phenoxy) is 1. The van der Waals surface area contributed by atoms with Gasteiger partial charge in [-0.1, -0.05) is 15.9 Å². The van der Waals surface area contributed by atoms with Gasteiger partial charge in [-0.15, -0.1) is 0 Å². The second-order valence-corrected chi connectivity index (χ2v) is 3.30. The van der Waals surface area contributed by atoms with Crippen molar-refractivity contribution in [3.63, 3.8) is 0 Å². The first kappa shape index (κ1) is 11.5. The molecule has 1 rings (SSSR count). The zero-order chi connectivity index (χ0) is 11.4. The summed E-state index contributed by atoms with van der Waals surface area (Å²) in [6.07, 6.45) is 0. The number of nitriles is 1. The van der Waals surface area contributed by atoms with E-state index in [0.29, 0.717) is 0 Å². The molecule has 1 aromatic carbocycles. The largest absolute Gasteiger partial charge is 0.507 e. The van der Waals surface area contributed by atoms with Crippen LogP contribution in [-0.4, -0.2) is 23.3 Å². The van der Waals surface area contributed by atoms with E-state index in [0.717, 1.165) is 0 Å². The Hall–Kier alpha value is -1.54. The Bertz CT molecular complexity index is 437. The van der Waals surface area contributed by atoms with Crippen LogP contribution in [0.4, 0.5) is 0 Å². The number of alkyl halides is 1. The molecule has 0 heterocycles. The first-order chi connectivity index (χ1) is 7.13. The quantitative estimate of drug-likeness (QED) is 0.672. The molecule has 1 aromatic rings. The smallest absolute Gasteiger partial charge is 0.177 e. The number of methoxy groups -OCH3 is 1. The molecule has 0 fully saturated rings. The van der Waals surface area contributed by atoms with Gasteiger partial charge in [-0.05, 0) is 6.07 Å². The van der Waals surface area contributed by atoms with Crippen molar-refractivity contribution in [2.24, 2.45) is 0 Å². The third kappa shape index (κ3) is 2.28. The summed E-state index contributed by atoms with van der Waals surface area (Å²) in [5.74, 6) is -0.202. The maximum Gasteiger partial charge on any atom is 0.177 e. The van der Waals surface area contributed by atoms with Crippen molar-refractivity contribution in [1.82, 2.24) is 0 Å². The molecule has 0 radical (unpaired) electrons. The van der Waals surface area contributed by atoms with Gasteiger partial charge in [0.2, 0.25) is 0 Å². The van der Waals surface area contributed by atoms with E-state index in [1.807, 2.05) is 6.07 Å². The topological polar surface area (TPSA) is 70.3 Å². The number of halogens is 1. The molecule has 0 saturated heterocycles. The van der Waals surface area contributed by atoms with E-state index in [4.69, 9.17) is 10.00 Å². The summed E-state index contributed by atoms with van der Waals surface area (Å²) in [6.45, 7) is 0. The van der Waals surface area contributed by atoms with E-state index >= 15 is 0 Å². The highest BCUT2D eigenvalue weighted by Crippen LogP contribution is 2.28. The average molecular weight is 270 g/mol. The molecule has 0 aliphatic carbocycles. The zero-order valence-electron chi connectivity index (χ0n) is 7.95. The van der Waals surface area contributed by atoms with Crippen molar-refractivity contribution in [3.05, 3.63) is 23.3 Å². The number of phenols is 1. The van der Waals surface area contributed by atoms with Crippen LogP contribution in [0.2, 0.25) is 0 Å². The van der Waals surface area contributed by atoms with Gasteiger partial charge in [0.25, 0.3) is 0 Å². The van der Waals surface area contributed by atoms with Crippen LogP contribution in [0.25, 0.3) is 0 Å². The van der Waals surface area contributed by atoms with Crippen LogP contribution in [0.3, 0.4) is 0 Å². The van der Waals surface area contributed by atoms with Crippen LogP contribution in [-0.2, 0) is 0 Å². The van der Waals surface area contributed by atoms with Gasteiger partial charge in [-0.25, -0.2) is 0 Å². The van der Waals surface area contributed by atoms with Crippen molar-refractivity contribution in [2.75, 3.05) is 12.4 Å². The average Bonchev–Trinajstić information content (AvgIpc) is 2.27. The second kappa shape index (κ2) is 4.80. The molecule has 0 amide bonds. The third-order valence-corrected chi connectivity index (χ3v) is 2.37. The van der Waals surface area contributed by atoms with Crippen molar-refractivity contribution < 1.29 is 14.6 Å². The van der Waals surface area contributed by atoms with Gasteiger partial charge in [-0.2, -0.15) is 5.26 Å². The van der Waals surface area contributed by atoms with Gasteiger partial charge in [-0.3, -0.25) is 4.79 Å². The molecule has 0 bridgehead atoms. The fourth-order valence-corrected chi connectivity index (χ4v) is 1.42.